The fourth-order valence-corrected chi connectivity index (χ4v) is 4.18. The van der Waals surface area contributed by atoms with Crippen LogP contribution in [0.5, 0.6) is 5.75 Å². The molecule has 2 amide bonds. The molecule has 3 rings (SSSR count). The molecular formula is C23H25N3O3S. The molecule has 0 radical (unpaired) electrons. The maximum absolute atomic E-state index is 12.8. The molecule has 0 unspecified atom stereocenters. The molecule has 0 saturated carbocycles. The summed E-state index contributed by atoms with van der Waals surface area (Å²) >= 11 is 1.31. The number of nitrogens with zero attached hydrogens (tertiary/aromatic N) is 2. The Kier molecular flexibility index (Phi) is 7.30. The van der Waals surface area contributed by atoms with Crippen molar-refractivity contribution in [3.63, 3.8) is 0 Å². The van der Waals surface area contributed by atoms with Crippen molar-refractivity contribution < 1.29 is 14.3 Å². The minimum atomic E-state index is -0.517. The van der Waals surface area contributed by atoms with Crippen LogP contribution in [0.15, 0.2) is 66.2 Å². The number of aryl methyl sites for hydroxylation is 1. The summed E-state index contributed by atoms with van der Waals surface area (Å²) in [6.07, 6.45) is 1.73. The van der Waals surface area contributed by atoms with E-state index in [1.54, 1.807) is 35.2 Å². The number of benzene rings is 2. The molecule has 2 aromatic carbocycles. The molecule has 1 saturated heterocycles. The van der Waals surface area contributed by atoms with Gasteiger partial charge in [0.15, 0.2) is 5.17 Å². The first kappa shape index (κ1) is 21.6. The Hall–Kier alpha value is -3.06. The van der Waals surface area contributed by atoms with Crippen molar-refractivity contribution in [2.45, 2.75) is 25.5 Å². The van der Waals surface area contributed by atoms with Crippen molar-refractivity contribution in [3.05, 3.63) is 66.7 Å². The third kappa shape index (κ3) is 5.51. The zero-order valence-corrected chi connectivity index (χ0v) is 17.9. The maximum atomic E-state index is 12.8. The molecule has 1 aliphatic heterocycles. The normalized spacial score (nSPS) is 17.3. The van der Waals surface area contributed by atoms with Gasteiger partial charge in [0.2, 0.25) is 11.8 Å². The third-order valence-corrected chi connectivity index (χ3v) is 5.55. The highest BCUT2D eigenvalue weighted by atomic mass is 32.2. The molecule has 0 spiro atoms. The van der Waals surface area contributed by atoms with Gasteiger partial charge in [0.25, 0.3) is 0 Å². The van der Waals surface area contributed by atoms with Crippen molar-refractivity contribution >= 4 is 40.1 Å². The number of amidine groups is 1. The highest BCUT2D eigenvalue weighted by Crippen LogP contribution is 2.32. The number of nitrogens with one attached hydrogen (secondary N) is 1. The van der Waals surface area contributed by atoms with Gasteiger partial charge in [-0.25, -0.2) is 4.99 Å². The Balaban J connectivity index is 1.68. The molecule has 0 aromatic heterocycles. The Morgan fingerprint density at radius 3 is 2.73 bits per heavy atom. The zero-order chi connectivity index (χ0) is 21.5. The Bertz CT molecular complexity index is 956. The zero-order valence-electron chi connectivity index (χ0n) is 17.1. The summed E-state index contributed by atoms with van der Waals surface area (Å²) in [4.78, 5) is 31.6. The molecule has 1 N–H and O–H groups in total. The second-order valence-electron chi connectivity index (χ2n) is 6.79. The van der Waals surface area contributed by atoms with Crippen LogP contribution in [-0.2, 0) is 9.59 Å². The lowest BCUT2D eigenvalue weighted by Gasteiger charge is -2.14. The van der Waals surface area contributed by atoms with Crippen LogP contribution in [0.2, 0.25) is 0 Å². The van der Waals surface area contributed by atoms with E-state index >= 15 is 0 Å². The first-order valence-corrected chi connectivity index (χ1v) is 10.6. The van der Waals surface area contributed by atoms with Gasteiger partial charge in [0.05, 0.1) is 12.3 Å². The highest BCUT2D eigenvalue weighted by molar-refractivity contribution is 8.15. The van der Waals surface area contributed by atoms with Crippen LogP contribution in [0.1, 0.15) is 18.9 Å². The first-order chi connectivity index (χ1) is 14.5. The fraction of sp³-hybridized carbons (Fsp3) is 0.261. The van der Waals surface area contributed by atoms with Gasteiger partial charge in [-0.1, -0.05) is 30.0 Å². The third-order valence-electron chi connectivity index (χ3n) is 4.38. The van der Waals surface area contributed by atoms with Crippen molar-refractivity contribution in [1.82, 2.24) is 4.90 Å². The SMILES string of the molecule is C=CCN1C(=O)[C@@H](CC(=O)Nc2ccc(OCC)cc2)SC1=Nc1cccc(C)c1. The van der Waals surface area contributed by atoms with Gasteiger partial charge in [-0.3, -0.25) is 14.5 Å². The standard InChI is InChI=1S/C23H25N3O3S/c1-4-13-26-22(28)20(30-23(26)25-18-8-6-7-16(3)14-18)15-21(27)24-17-9-11-19(12-10-17)29-5-2/h4,6-12,14,20H,1,5,13,15H2,2-3H3,(H,24,27)/t20-/m1/s1. The monoisotopic (exact) mass is 423 g/mol. The molecule has 1 heterocycles. The second kappa shape index (κ2) is 10.1. The van der Waals surface area contributed by atoms with Gasteiger partial charge in [0.1, 0.15) is 11.0 Å². The molecule has 0 bridgehead atoms. The van der Waals surface area contributed by atoms with E-state index in [1.807, 2.05) is 38.1 Å². The largest absolute Gasteiger partial charge is 0.494 e. The van der Waals surface area contributed by atoms with E-state index in [4.69, 9.17) is 4.74 Å². The van der Waals surface area contributed by atoms with Crippen molar-refractivity contribution in [1.29, 1.82) is 0 Å². The minimum Gasteiger partial charge on any atom is -0.494 e. The molecule has 1 aliphatic rings. The molecule has 1 atom stereocenters. The second-order valence-corrected chi connectivity index (χ2v) is 7.96. The van der Waals surface area contributed by atoms with Crippen molar-refractivity contribution in [2.75, 3.05) is 18.5 Å². The van der Waals surface area contributed by atoms with E-state index in [9.17, 15) is 9.59 Å². The number of thioether (sulfide) groups is 1. The molecule has 1 fully saturated rings. The fourth-order valence-electron chi connectivity index (χ4n) is 3.01. The van der Waals surface area contributed by atoms with E-state index in [-0.39, 0.29) is 18.2 Å². The predicted molar refractivity (Wildman–Crippen MR) is 122 cm³/mol. The summed E-state index contributed by atoms with van der Waals surface area (Å²) < 4.78 is 5.40. The maximum Gasteiger partial charge on any atom is 0.242 e. The van der Waals surface area contributed by atoms with Gasteiger partial charge >= 0.3 is 0 Å². The minimum absolute atomic E-state index is 0.0667. The molecule has 2 aromatic rings. The summed E-state index contributed by atoms with van der Waals surface area (Å²) in [5.74, 6) is 0.391. The number of hydrogen-bond acceptors (Lipinski definition) is 5. The lowest BCUT2D eigenvalue weighted by atomic mass is 10.2. The molecule has 7 heteroatoms. The van der Waals surface area contributed by atoms with Crippen LogP contribution in [0.25, 0.3) is 0 Å². The van der Waals surface area contributed by atoms with E-state index in [2.05, 4.69) is 16.9 Å². The summed E-state index contributed by atoms with van der Waals surface area (Å²) in [7, 11) is 0. The number of anilines is 1. The van der Waals surface area contributed by atoms with E-state index < -0.39 is 5.25 Å². The summed E-state index contributed by atoms with van der Waals surface area (Å²) in [6, 6.07) is 14.9. The van der Waals surface area contributed by atoms with Crippen LogP contribution < -0.4 is 10.1 Å². The molecule has 6 nitrogen and oxygen atoms in total. The van der Waals surface area contributed by atoms with Gasteiger partial charge in [-0.15, -0.1) is 6.58 Å². The number of carbonyl (C=O) groups excluding carboxylic acids is 2. The van der Waals surface area contributed by atoms with Crippen LogP contribution in [-0.4, -0.2) is 40.3 Å². The average Bonchev–Trinajstić information content (AvgIpc) is 2.99. The van der Waals surface area contributed by atoms with Gasteiger partial charge in [0, 0.05) is 18.7 Å². The molecular weight excluding hydrogens is 398 g/mol. The van der Waals surface area contributed by atoms with E-state index in [0.29, 0.717) is 24.0 Å². The lowest BCUT2D eigenvalue weighted by molar-refractivity contribution is -0.127. The number of aliphatic imine (C=N–C) groups is 1. The van der Waals surface area contributed by atoms with E-state index in [1.165, 1.54) is 11.8 Å². The molecule has 30 heavy (non-hydrogen) atoms. The van der Waals surface area contributed by atoms with Gasteiger partial charge < -0.3 is 10.1 Å². The molecule has 156 valence electrons. The van der Waals surface area contributed by atoms with Gasteiger partial charge in [-0.2, -0.15) is 0 Å². The topological polar surface area (TPSA) is 71.0 Å². The first-order valence-electron chi connectivity index (χ1n) is 9.77. The van der Waals surface area contributed by atoms with E-state index in [0.717, 1.165) is 17.0 Å². The Morgan fingerprint density at radius 2 is 2.07 bits per heavy atom. The number of rotatable bonds is 8. The Morgan fingerprint density at radius 1 is 1.30 bits per heavy atom. The summed E-state index contributed by atoms with van der Waals surface area (Å²) in [6.45, 7) is 8.57. The van der Waals surface area contributed by atoms with Crippen molar-refractivity contribution in [2.24, 2.45) is 4.99 Å². The van der Waals surface area contributed by atoms with Crippen LogP contribution >= 0.6 is 11.8 Å². The van der Waals surface area contributed by atoms with Gasteiger partial charge in [-0.05, 0) is 55.8 Å². The number of carbonyl (C=O) groups is 2. The van der Waals surface area contributed by atoms with Crippen molar-refractivity contribution in [3.8, 4) is 5.75 Å². The van der Waals surface area contributed by atoms with Crippen LogP contribution in [0.3, 0.4) is 0 Å². The Labute approximate surface area is 181 Å². The summed E-state index contributed by atoms with van der Waals surface area (Å²) in [5.41, 5.74) is 2.53. The lowest BCUT2D eigenvalue weighted by Crippen LogP contribution is -2.33. The molecule has 0 aliphatic carbocycles. The summed E-state index contributed by atoms with van der Waals surface area (Å²) in [5, 5.41) is 2.91. The number of amides is 2. The highest BCUT2D eigenvalue weighted by Gasteiger charge is 2.38. The number of ether oxygens (including phenoxy) is 1. The quantitative estimate of drug-likeness (QED) is 0.633. The number of hydrogen-bond donors (Lipinski definition) is 1. The van der Waals surface area contributed by atoms with Crippen LogP contribution in [0, 0.1) is 6.92 Å². The predicted octanol–water partition coefficient (Wildman–Crippen LogP) is 4.54. The average molecular weight is 424 g/mol. The van der Waals surface area contributed by atoms with Crippen LogP contribution in [0.4, 0.5) is 11.4 Å². The smallest absolute Gasteiger partial charge is 0.242 e.